The highest BCUT2D eigenvalue weighted by Crippen LogP contribution is 2.31. The van der Waals surface area contributed by atoms with E-state index in [2.05, 4.69) is 4.90 Å². The predicted octanol–water partition coefficient (Wildman–Crippen LogP) is 2.20. The van der Waals surface area contributed by atoms with E-state index in [1.54, 1.807) is 16.4 Å². The third kappa shape index (κ3) is 3.46. The molecule has 2 aliphatic heterocycles. The molecule has 150 valence electrons. The number of benzene rings is 1. The third-order valence-corrected chi connectivity index (χ3v) is 7.32. The van der Waals surface area contributed by atoms with E-state index in [4.69, 9.17) is 9.97 Å². The van der Waals surface area contributed by atoms with Gasteiger partial charge in [0.25, 0.3) is 0 Å². The van der Waals surface area contributed by atoms with Crippen LogP contribution in [0.15, 0.2) is 29.2 Å². The van der Waals surface area contributed by atoms with E-state index >= 15 is 0 Å². The van der Waals surface area contributed by atoms with Gasteiger partial charge in [-0.1, -0.05) is 17.7 Å². The maximum Gasteiger partial charge on any atom is 0.243 e. The van der Waals surface area contributed by atoms with E-state index in [0.29, 0.717) is 24.4 Å². The van der Waals surface area contributed by atoms with Crippen LogP contribution in [0.4, 0.5) is 11.8 Å². The number of rotatable bonds is 4. The molecule has 0 N–H and O–H groups in total. The van der Waals surface area contributed by atoms with Gasteiger partial charge in [-0.15, -0.1) is 0 Å². The number of fused-ring (bicyclic) bond motifs is 1. The molecule has 0 atom stereocenters. The summed E-state index contributed by atoms with van der Waals surface area (Å²) >= 11 is 0. The molecule has 8 heteroatoms. The Labute approximate surface area is 167 Å². The fourth-order valence-corrected chi connectivity index (χ4v) is 5.26. The monoisotopic (exact) mass is 401 g/mol. The Hall–Kier alpha value is -2.19. The molecule has 0 unspecified atom stereocenters. The summed E-state index contributed by atoms with van der Waals surface area (Å²) in [7, 11) is 0.356. The summed E-state index contributed by atoms with van der Waals surface area (Å²) in [5.41, 5.74) is 2.92. The first-order valence-corrected chi connectivity index (χ1v) is 11.2. The summed E-state index contributed by atoms with van der Waals surface area (Å²) in [5.74, 6) is 1.59. The lowest BCUT2D eigenvalue weighted by Crippen LogP contribution is -2.38. The van der Waals surface area contributed by atoms with Gasteiger partial charge in [0.2, 0.25) is 16.0 Å². The predicted molar refractivity (Wildman–Crippen MR) is 110 cm³/mol. The molecule has 0 bridgehead atoms. The second-order valence-electron chi connectivity index (χ2n) is 7.76. The van der Waals surface area contributed by atoms with Gasteiger partial charge in [-0.25, -0.2) is 13.4 Å². The Morgan fingerprint density at radius 1 is 1.00 bits per heavy atom. The lowest BCUT2D eigenvalue weighted by Gasteiger charge is -2.31. The Bertz CT molecular complexity index is 967. The first-order valence-electron chi connectivity index (χ1n) is 9.75. The number of anilines is 2. The van der Waals surface area contributed by atoms with Crippen molar-refractivity contribution in [2.24, 2.45) is 0 Å². The first kappa shape index (κ1) is 19.1. The van der Waals surface area contributed by atoms with E-state index in [9.17, 15) is 8.42 Å². The van der Waals surface area contributed by atoms with Crippen LogP contribution in [-0.2, 0) is 23.0 Å². The zero-order chi connectivity index (χ0) is 19.9. The number of hydrogen-bond acceptors (Lipinski definition) is 6. The second kappa shape index (κ2) is 7.33. The van der Waals surface area contributed by atoms with Gasteiger partial charge < -0.3 is 9.80 Å². The van der Waals surface area contributed by atoms with Gasteiger partial charge in [0.1, 0.15) is 5.82 Å². The van der Waals surface area contributed by atoms with Crippen LogP contribution < -0.4 is 9.80 Å². The molecule has 0 saturated carbocycles. The number of nitrogens with zero attached hydrogens (tertiary/aromatic N) is 5. The SMILES string of the molecule is Cc1ccc(S(=O)(=O)N2CCc3nc(N4CCCC4)nc(N(C)C)c3C2)cc1. The van der Waals surface area contributed by atoms with Crippen molar-refractivity contribution in [3.05, 3.63) is 41.1 Å². The van der Waals surface area contributed by atoms with E-state index in [-0.39, 0.29) is 0 Å². The maximum absolute atomic E-state index is 13.1. The zero-order valence-corrected chi connectivity index (χ0v) is 17.5. The average Bonchev–Trinajstić information content (AvgIpc) is 3.21. The largest absolute Gasteiger partial charge is 0.362 e. The van der Waals surface area contributed by atoms with Gasteiger partial charge in [0.05, 0.1) is 10.6 Å². The topological polar surface area (TPSA) is 69.6 Å². The Morgan fingerprint density at radius 3 is 2.32 bits per heavy atom. The number of sulfonamides is 1. The van der Waals surface area contributed by atoms with Crippen molar-refractivity contribution in [3.63, 3.8) is 0 Å². The smallest absolute Gasteiger partial charge is 0.243 e. The van der Waals surface area contributed by atoms with E-state index in [1.165, 1.54) is 12.8 Å². The van der Waals surface area contributed by atoms with Crippen molar-refractivity contribution < 1.29 is 8.42 Å². The minimum absolute atomic E-state index is 0.305. The van der Waals surface area contributed by atoms with Gasteiger partial charge in [-0.2, -0.15) is 9.29 Å². The molecule has 0 radical (unpaired) electrons. The summed E-state index contributed by atoms with van der Waals surface area (Å²) in [6, 6.07) is 7.03. The van der Waals surface area contributed by atoms with E-state index in [0.717, 1.165) is 41.7 Å². The summed E-state index contributed by atoms with van der Waals surface area (Å²) in [4.78, 5) is 14.1. The molecule has 28 heavy (non-hydrogen) atoms. The summed E-state index contributed by atoms with van der Waals surface area (Å²) in [5, 5.41) is 0. The van der Waals surface area contributed by atoms with Gasteiger partial charge in [0, 0.05) is 52.3 Å². The van der Waals surface area contributed by atoms with Gasteiger partial charge in [-0.05, 0) is 31.9 Å². The molecule has 2 aromatic rings. The summed E-state index contributed by atoms with van der Waals surface area (Å²) in [6.45, 7) is 4.66. The highest BCUT2D eigenvalue weighted by molar-refractivity contribution is 7.89. The number of hydrogen-bond donors (Lipinski definition) is 0. The average molecular weight is 402 g/mol. The van der Waals surface area contributed by atoms with Crippen molar-refractivity contribution in [3.8, 4) is 0 Å². The van der Waals surface area contributed by atoms with Crippen LogP contribution in [0.2, 0.25) is 0 Å². The molecular weight excluding hydrogens is 374 g/mol. The molecule has 1 aromatic carbocycles. The highest BCUT2D eigenvalue weighted by Gasteiger charge is 2.32. The molecule has 0 aliphatic carbocycles. The van der Waals surface area contributed by atoms with Crippen molar-refractivity contribution in [2.45, 2.75) is 37.6 Å². The molecule has 1 aromatic heterocycles. The Balaban J connectivity index is 1.68. The van der Waals surface area contributed by atoms with Crippen LogP contribution in [0.1, 0.15) is 29.7 Å². The molecule has 1 fully saturated rings. The number of aromatic nitrogens is 2. The van der Waals surface area contributed by atoms with Crippen molar-refractivity contribution in [2.75, 3.05) is 43.5 Å². The molecule has 0 spiro atoms. The maximum atomic E-state index is 13.1. The Kier molecular flexibility index (Phi) is 5.01. The molecule has 0 amide bonds. The normalized spacial score (nSPS) is 17.6. The summed E-state index contributed by atoms with van der Waals surface area (Å²) < 4.78 is 27.8. The van der Waals surface area contributed by atoms with Crippen LogP contribution in [0.25, 0.3) is 0 Å². The fraction of sp³-hybridized carbons (Fsp3) is 0.500. The molecule has 2 aliphatic rings. The molecule has 7 nitrogen and oxygen atoms in total. The number of aryl methyl sites for hydroxylation is 1. The van der Waals surface area contributed by atoms with Crippen LogP contribution >= 0.6 is 0 Å². The van der Waals surface area contributed by atoms with Crippen LogP contribution in [-0.4, -0.2) is 56.4 Å². The van der Waals surface area contributed by atoms with E-state index < -0.39 is 10.0 Å². The van der Waals surface area contributed by atoms with Crippen molar-refractivity contribution >= 4 is 21.8 Å². The quantitative estimate of drug-likeness (QED) is 0.782. The molecule has 4 rings (SSSR count). The zero-order valence-electron chi connectivity index (χ0n) is 16.7. The van der Waals surface area contributed by atoms with Crippen LogP contribution in [0.5, 0.6) is 0 Å². The lowest BCUT2D eigenvalue weighted by molar-refractivity contribution is 0.387. The van der Waals surface area contributed by atoms with Gasteiger partial charge in [0.15, 0.2) is 0 Å². The van der Waals surface area contributed by atoms with Crippen molar-refractivity contribution in [1.82, 2.24) is 14.3 Å². The van der Waals surface area contributed by atoms with Gasteiger partial charge in [-0.3, -0.25) is 0 Å². The lowest BCUT2D eigenvalue weighted by atomic mass is 10.1. The standard InChI is InChI=1S/C20H27N5O2S/c1-15-6-8-16(9-7-15)28(26,27)25-13-10-18-17(14-25)19(23(2)3)22-20(21-18)24-11-4-5-12-24/h6-9H,4-5,10-14H2,1-3H3. The summed E-state index contributed by atoms with van der Waals surface area (Å²) in [6.07, 6.45) is 2.94. The van der Waals surface area contributed by atoms with Crippen molar-refractivity contribution in [1.29, 1.82) is 0 Å². The minimum atomic E-state index is -3.54. The molecular formula is C20H27N5O2S. The molecule has 1 saturated heterocycles. The third-order valence-electron chi connectivity index (χ3n) is 5.46. The Morgan fingerprint density at radius 2 is 1.68 bits per heavy atom. The first-order chi connectivity index (χ1) is 13.4. The molecule has 3 heterocycles. The second-order valence-corrected chi connectivity index (χ2v) is 9.70. The van der Waals surface area contributed by atoms with Crippen LogP contribution in [0.3, 0.4) is 0 Å². The van der Waals surface area contributed by atoms with E-state index in [1.807, 2.05) is 38.1 Å². The van der Waals surface area contributed by atoms with Crippen LogP contribution in [0, 0.1) is 6.92 Å². The highest BCUT2D eigenvalue weighted by atomic mass is 32.2. The minimum Gasteiger partial charge on any atom is -0.362 e. The fourth-order valence-electron chi connectivity index (χ4n) is 3.85. The van der Waals surface area contributed by atoms with Gasteiger partial charge >= 0.3 is 0 Å².